The van der Waals surface area contributed by atoms with Gasteiger partial charge in [-0.2, -0.15) is 0 Å². The number of ketones is 1. The molecule has 0 saturated heterocycles. The second kappa shape index (κ2) is 8.27. The Morgan fingerprint density at radius 2 is 1.52 bits per heavy atom. The van der Waals surface area contributed by atoms with Crippen molar-refractivity contribution in [3.8, 4) is 0 Å². The molecule has 0 aliphatic heterocycles. The van der Waals surface area contributed by atoms with E-state index in [0.29, 0.717) is 23.2 Å². The van der Waals surface area contributed by atoms with Gasteiger partial charge in [-0.25, -0.2) is 4.79 Å². The molecule has 0 fully saturated rings. The number of nitrogens with one attached hydrogen (secondary N) is 1. The lowest BCUT2D eigenvalue weighted by Crippen LogP contribution is -2.14. The predicted octanol–water partition coefficient (Wildman–Crippen LogP) is 4.23. The minimum absolute atomic E-state index is 0.105. The number of benzene rings is 3. The number of ether oxygens (including phenoxy) is 1. The monoisotopic (exact) mass is 361 g/mol. The van der Waals surface area contributed by atoms with Crippen LogP contribution in [0.2, 0.25) is 0 Å². The molecule has 0 saturated carbocycles. The molecule has 1 amide bonds. The summed E-state index contributed by atoms with van der Waals surface area (Å²) in [6, 6.07) is 19.5. The first-order valence-electron chi connectivity index (χ1n) is 8.66. The van der Waals surface area contributed by atoms with E-state index >= 15 is 0 Å². The summed E-state index contributed by atoms with van der Waals surface area (Å²) in [7, 11) is 0. The summed E-state index contributed by atoms with van der Waals surface area (Å²) in [6.45, 7) is 1.43. The number of hydrogen-bond donors (Lipinski definition) is 1. The van der Waals surface area contributed by atoms with E-state index in [0.717, 1.165) is 10.8 Å². The Hall–Kier alpha value is -3.47. The van der Waals surface area contributed by atoms with Gasteiger partial charge in [0.2, 0.25) is 5.91 Å². The van der Waals surface area contributed by atoms with Crippen LogP contribution in [0.25, 0.3) is 10.8 Å². The number of carbonyl (C=O) groups excluding carboxylic acids is 3. The maximum absolute atomic E-state index is 12.3. The van der Waals surface area contributed by atoms with Gasteiger partial charge in [-0.3, -0.25) is 9.59 Å². The van der Waals surface area contributed by atoms with Gasteiger partial charge in [-0.05, 0) is 41.1 Å². The lowest BCUT2D eigenvalue weighted by Gasteiger charge is -2.07. The van der Waals surface area contributed by atoms with Crippen LogP contribution >= 0.6 is 0 Å². The number of esters is 1. The Kier molecular flexibility index (Phi) is 5.61. The molecule has 3 rings (SSSR count). The Morgan fingerprint density at radius 1 is 0.852 bits per heavy atom. The van der Waals surface area contributed by atoms with Gasteiger partial charge >= 0.3 is 5.97 Å². The third-order valence-corrected chi connectivity index (χ3v) is 4.13. The highest BCUT2D eigenvalue weighted by Gasteiger charge is 2.12. The summed E-state index contributed by atoms with van der Waals surface area (Å²) >= 11 is 0. The molecule has 0 heterocycles. The fourth-order valence-corrected chi connectivity index (χ4v) is 2.60. The van der Waals surface area contributed by atoms with Crippen LogP contribution in [0.15, 0.2) is 66.7 Å². The summed E-state index contributed by atoms with van der Waals surface area (Å²) < 4.78 is 5.12. The second-order valence-electron chi connectivity index (χ2n) is 6.04. The van der Waals surface area contributed by atoms with E-state index in [1.54, 1.807) is 43.3 Å². The number of rotatable bonds is 6. The third kappa shape index (κ3) is 4.58. The number of hydrogen-bond acceptors (Lipinski definition) is 4. The Balaban J connectivity index is 1.60. The van der Waals surface area contributed by atoms with E-state index in [1.807, 2.05) is 30.3 Å². The van der Waals surface area contributed by atoms with Crippen molar-refractivity contribution < 1.29 is 19.1 Å². The minimum Gasteiger partial charge on any atom is -0.454 e. The second-order valence-corrected chi connectivity index (χ2v) is 6.04. The van der Waals surface area contributed by atoms with E-state index in [2.05, 4.69) is 5.32 Å². The van der Waals surface area contributed by atoms with Crippen molar-refractivity contribution in [1.29, 1.82) is 0 Å². The van der Waals surface area contributed by atoms with Crippen molar-refractivity contribution in [3.05, 3.63) is 77.9 Å². The molecule has 3 aromatic rings. The van der Waals surface area contributed by atoms with E-state index < -0.39 is 5.97 Å². The van der Waals surface area contributed by atoms with Crippen molar-refractivity contribution >= 4 is 34.1 Å². The van der Waals surface area contributed by atoms with Crippen LogP contribution in [0.4, 0.5) is 5.69 Å². The molecule has 0 aromatic heterocycles. The fraction of sp³-hybridized carbons (Fsp3) is 0.136. The van der Waals surface area contributed by atoms with Crippen LogP contribution < -0.4 is 5.32 Å². The summed E-state index contributed by atoms with van der Waals surface area (Å²) in [5, 5.41) is 4.70. The maximum Gasteiger partial charge on any atom is 0.338 e. The van der Waals surface area contributed by atoms with E-state index in [9.17, 15) is 14.4 Å². The van der Waals surface area contributed by atoms with Crippen molar-refractivity contribution in [1.82, 2.24) is 0 Å². The highest BCUT2D eigenvalue weighted by Crippen LogP contribution is 2.16. The van der Waals surface area contributed by atoms with Crippen LogP contribution in [-0.2, 0) is 9.53 Å². The summed E-state index contributed by atoms with van der Waals surface area (Å²) in [6.07, 6.45) is 0.376. The topological polar surface area (TPSA) is 72.5 Å². The number of carbonyl (C=O) groups is 3. The zero-order valence-electron chi connectivity index (χ0n) is 14.9. The first kappa shape index (κ1) is 18.3. The SMILES string of the molecule is CCC(=O)Nc1ccc(C(=O)OCC(=O)c2ccc3ccccc3c2)cc1. The molecule has 0 atom stereocenters. The molecule has 5 nitrogen and oxygen atoms in total. The molecule has 3 aromatic carbocycles. The standard InChI is InChI=1S/C22H19NO4/c1-2-21(25)23-19-11-9-16(10-12-19)22(26)27-14-20(24)18-8-7-15-5-3-4-6-17(15)13-18/h3-13H,2,14H2,1H3,(H,23,25). The molecular weight excluding hydrogens is 342 g/mol. The summed E-state index contributed by atoms with van der Waals surface area (Å²) in [4.78, 5) is 35.8. The molecule has 0 aliphatic carbocycles. The van der Waals surface area contributed by atoms with Crippen LogP contribution in [0.1, 0.15) is 34.1 Å². The summed E-state index contributed by atoms with van der Waals surface area (Å²) in [5.41, 5.74) is 1.42. The average molecular weight is 361 g/mol. The normalized spacial score (nSPS) is 10.4. The molecule has 0 radical (unpaired) electrons. The average Bonchev–Trinajstić information content (AvgIpc) is 2.71. The molecular formula is C22H19NO4. The van der Waals surface area contributed by atoms with Gasteiger partial charge in [0.05, 0.1) is 5.56 Å². The smallest absolute Gasteiger partial charge is 0.338 e. The Bertz CT molecular complexity index is 993. The predicted molar refractivity (Wildman–Crippen MR) is 104 cm³/mol. The number of anilines is 1. The highest BCUT2D eigenvalue weighted by molar-refractivity contribution is 6.02. The van der Waals surface area contributed by atoms with Crippen molar-refractivity contribution in [3.63, 3.8) is 0 Å². The van der Waals surface area contributed by atoms with Crippen LogP contribution in [-0.4, -0.2) is 24.3 Å². The zero-order chi connectivity index (χ0) is 19.2. The van der Waals surface area contributed by atoms with E-state index in [4.69, 9.17) is 4.74 Å². The number of Topliss-reactive ketones (excluding diaryl/α,β-unsaturated/α-hetero) is 1. The molecule has 0 aliphatic rings. The van der Waals surface area contributed by atoms with Crippen molar-refractivity contribution in [2.45, 2.75) is 13.3 Å². The van der Waals surface area contributed by atoms with Gasteiger partial charge in [0, 0.05) is 17.7 Å². The molecule has 5 heteroatoms. The highest BCUT2D eigenvalue weighted by atomic mass is 16.5. The van der Waals surface area contributed by atoms with E-state index in [-0.39, 0.29) is 18.3 Å². The van der Waals surface area contributed by atoms with Gasteiger partial charge in [0.1, 0.15) is 0 Å². The number of amides is 1. The molecule has 1 N–H and O–H groups in total. The van der Waals surface area contributed by atoms with Crippen LogP contribution in [0.5, 0.6) is 0 Å². The molecule has 0 bridgehead atoms. The van der Waals surface area contributed by atoms with Gasteiger partial charge in [-0.15, -0.1) is 0 Å². The van der Waals surface area contributed by atoms with Crippen molar-refractivity contribution in [2.75, 3.05) is 11.9 Å². The first-order chi connectivity index (χ1) is 13.1. The minimum atomic E-state index is -0.586. The number of fused-ring (bicyclic) bond motifs is 1. The van der Waals surface area contributed by atoms with Crippen LogP contribution in [0.3, 0.4) is 0 Å². The molecule has 27 heavy (non-hydrogen) atoms. The lowest BCUT2D eigenvalue weighted by molar-refractivity contribution is -0.115. The quantitative estimate of drug-likeness (QED) is 0.527. The Morgan fingerprint density at radius 3 is 2.22 bits per heavy atom. The largest absolute Gasteiger partial charge is 0.454 e. The first-order valence-corrected chi connectivity index (χ1v) is 8.66. The van der Waals surface area contributed by atoms with Gasteiger partial charge in [-0.1, -0.05) is 43.3 Å². The van der Waals surface area contributed by atoms with Crippen molar-refractivity contribution in [2.24, 2.45) is 0 Å². The van der Waals surface area contributed by atoms with Gasteiger partial charge < -0.3 is 10.1 Å². The molecule has 0 spiro atoms. The molecule has 0 unspecified atom stereocenters. The lowest BCUT2D eigenvalue weighted by atomic mass is 10.0. The summed E-state index contributed by atoms with van der Waals surface area (Å²) in [5.74, 6) is -0.954. The fourth-order valence-electron chi connectivity index (χ4n) is 2.60. The van der Waals surface area contributed by atoms with Crippen LogP contribution in [0, 0.1) is 0 Å². The Labute approximate surface area is 157 Å². The third-order valence-electron chi connectivity index (χ3n) is 4.13. The zero-order valence-corrected chi connectivity index (χ0v) is 14.9. The van der Waals surface area contributed by atoms with Gasteiger partial charge in [0.25, 0.3) is 0 Å². The van der Waals surface area contributed by atoms with Gasteiger partial charge in [0.15, 0.2) is 12.4 Å². The molecule has 136 valence electrons. The van der Waals surface area contributed by atoms with E-state index in [1.165, 1.54) is 0 Å². The maximum atomic E-state index is 12.3.